The number of carboxylic acids is 1. The molecule has 2 aromatic heterocycles. The molecule has 0 radical (unpaired) electrons. The minimum atomic E-state index is -4.63. The predicted molar refractivity (Wildman–Crippen MR) is 138 cm³/mol. The van der Waals surface area contributed by atoms with Crippen LogP contribution in [0.2, 0.25) is 0 Å². The molecule has 204 valence electrons. The maximum atomic E-state index is 13.0. The monoisotopic (exact) mass is 578 g/mol. The molecule has 0 atom stereocenters. The van der Waals surface area contributed by atoms with E-state index in [0.29, 0.717) is 6.42 Å². The molecule has 0 aliphatic heterocycles. The minimum absolute atomic E-state index is 0.116. The lowest BCUT2D eigenvalue weighted by Crippen LogP contribution is -2.25. The molecule has 0 unspecified atom stereocenters. The zero-order valence-electron chi connectivity index (χ0n) is 20.2. The molecule has 9 nitrogen and oxygen atoms in total. The van der Waals surface area contributed by atoms with Crippen LogP contribution in [0.25, 0.3) is 10.6 Å². The third-order valence-electron chi connectivity index (χ3n) is 5.55. The zero-order chi connectivity index (χ0) is 28.4. The van der Waals surface area contributed by atoms with Crippen molar-refractivity contribution < 1.29 is 36.3 Å². The summed E-state index contributed by atoms with van der Waals surface area (Å²) in [6.07, 6.45) is -4.17. The molecule has 39 heavy (non-hydrogen) atoms. The van der Waals surface area contributed by atoms with Gasteiger partial charge in [0.15, 0.2) is 5.69 Å². The smallest absolute Gasteiger partial charge is 0.435 e. The van der Waals surface area contributed by atoms with Gasteiger partial charge in [0.2, 0.25) is 0 Å². The third kappa shape index (κ3) is 6.64. The van der Waals surface area contributed by atoms with Gasteiger partial charge in [-0.05, 0) is 60.5 Å². The summed E-state index contributed by atoms with van der Waals surface area (Å²) in [7, 11) is -2.76. The van der Waals surface area contributed by atoms with Gasteiger partial charge in [0.25, 0.3) is 15.9 Å². The summed E-state index contributed by atoms with van der Waals surface area (Å²) in [6.45, 7) is 0.267. The summed E-state index contributed by atoms with van der Waals surface area (Å²) in [4.78, 5) is 23.8. The van der Waals surface area contributed by atoms with Gasteiger partial charge in [0, 0.05) is 24.8 Å². The number of nitrogens with zero attached hydrogens (tertiary/aromatic N) is 2. The van der Waals surface area contributed by atoms with Crippen LogP contribution >= 0.6 is 11.3 Å². The van der Waals surface area contributed by atoms with Gasteiger partial charge in [0.1, 0.15) is 4.21 Å². The Hall–Kier alpha value is -4.17. The lowest BCUT2D eigenvalue weighted by molar-refractivity contribution is -0.141. The van der Waals surface area contributed by atoms with Crippen molar-refractivity contribution in [1.29, 1.82) is 0 Å². The SMILES string of the molecule is Cn1nc(C(F)(F)F)cc1-c1ccc(S(=O)(=O)Nc2cccc(C(=O)NCCc3ccc(C(=O)O)cc3)c2)s1. The minimum Gasteiger partial charge on any atom is -0.478 e. The topological polar surface area (TPSA) is 130 Å². The number of carbonyl (C=O) groups excluding carboxylic acids is 1. The number of carboxylic acid groups (broad SMARTS) is 1. The molecule has 0 fully saturated rings. The van der Waals surface area contributed by atoms with E-state index in [4.69, 9.17) is 5.11 Å². The molecule has 1 amide bonds. The van der Waals surface area contributed by atoms with Crippen molar-refractivity contribution in [3.63, 3.8) is 0 Å². The van der Waals surface area contributed by atoms with Gasteiger partial charge in [-0.25, -0.2) is 13.2 Å². The quantitative estimate of drug-likeness (QED) is 0.265. The first kappa shape index (κ1) is 27.9. The fourth-order valence-corrected chi connectivity index (χ4v) is 6.01. The Bertz CT molecular complexity index is 1630. The highest BCUT2D eigenvalue weighted by atomic mass is 32.2. The summed E-state index contributed by atoms with van der Waals surface area (Å²) >= 11 is 0.782. The zero-order valence-corrected chi connectivity index (χ0v) is 21.8. The molecule has 0 saturated heterocycles. The molecule has 0 aliphatic rings. The average Bonchev–Trinajstić information content (AvgIpc) is 3.51. The molecule has 3 N–H and O–H groups in total. The Morgan fingerprint density at radius 1 is 1.03 bits per heavy atom. The maximum absolute atomic E-state index is 13.0. The number of aromatic nitrogens is 2. The number of aryl methyl sites for hydroxylation is 1. The van der Waals surface area contributed by atoms with Crippen LogP contribution < -0.4 is 10.0 Å². The Morgan fingerprint density at radius 3 is 2.38 bits per heavy atom. The van der Waals surface area contributed by atoms with Crippen molar-refractivity contribution in [2.75, 3.05) is 11.3 Å². The van der Waals surface area contributed by atoms with E-state index in [9.17, 15) is 31.2 Å². The second-order valence-corrected chi connectivity index (χ2v) is 11.3. The molecule has 0 spiro atoms. The molecule has 2 heterocycles. The van der Waals surface area contributed by atoms with Crippen LogP contribution in [0.4, 0.5) is 18.9 Å². The van der Waals surface area contributed by atoms with Gasteiger partial charge < -0.3 is 10.4 Å². The number of nitrogens with one attached hydrogen (secondary N) is 2. The lowest BCUT2D eigenvalue weighted by Gasteiger charge is -2.09. The van der Waals surface area contributed by atoms with Crippen molar-refractivity contribution in [2.24, 2.45) is 7.05 Å². The maximum Gasteiger partial charge on any atom is 0.435 e. The Kier molecular flexibility index (Phi) is 7.79. The standard InChI is InChI=1S/C25H21F3N4O5S2/c1-32-19(14-21(30-32)25(26,27)28)20-9-10-22(38-20)39(36,37)31-18-4-2-3-17(13-18)23(33)29-12-11-15-5-7-16(8-6-15)24(34)35/h2-10,13-14,31H,11-12H2,1H3,(H,29,33)(H,34,35). The van der Waals surface area contributed by atoms with E-state index >= 15 is 0 Å². The fourth-order valence-electron chi connectivity index (χ4n) is 3.60. The highest BCUT2D eigenvalue weighted by molar-refractivity contribution is 7.94. The fraction of sp³-hybridized carbons (Fsp3) is 0.160. The summed E-state index contributed by atoms with van der Waals surface area (Å²) in [6, 6.07) is 15.6. The summed E-state index contributed by atoms with van der Waals surface area (Å²) in [5.41, 5.74) is 0.360. The van der Waals surface area contributed by atoms with Crippen LogP contribution in [0, 0.1) is 0 Å². The van der Waals surface area contributed by atoms with E-state index < -0.39 is 33.8 Å². The van der Waals surface area contributed by atoms with Crippen LogP contribution in [0.5, 0.6) is 0 Å². The van der Waals surface area contributed by atoms with Crippen LogP contribution in [-0.4, -0.2) is 41.7 Å². The molecule has 2 aromatic carbocycles. The second-order valence-electron chi connectivity index (χ2n) is 8.35. The molecular formula is C25H21F3N4O5S2. The molecule has 0 bridgehead atoms. The number of hydrogen-bond acceptors (Lipinski definition) is 6. The lowest BCUT2D eigenvalue weighted by atomic mass is 10.1. The van der Waals surface area contributed by atoms with Crippen LogP contribution in [0.15, 0.2) is 70.9 Å². The number of sulfonamides is 1. The Labute approximate surface area is 225 Å². The van der Waals surface area contributed by atoms with Gasteiger partial charge in [0.05, 0.1) is 16.1 Å². The number of alkyl halides is 3. The normalized spacial score (nSPS) is 11.8. The van der Waals surface area contributed by atoms with Crippen LogP contribution in [-0.2, 0) is 29.7 Å². The Morgan fingerprint density at radius 2 is 1.74 bits per heavy atom. The van der Waals surface area contributed by atoms with E-state index in [1.165, 1.54) is 55.6 Å². The van der Waals surface area contributed by atoms with Gasteiger partial charge in [-0.15, -0.1) is 11.3 Å². The molecule has 14 heteroatoms. The first-order valence-electron chi connectivity index (χ1n) is 11.3. The molecule has 0 aliphatic carbocycles. The summed E-state index contributed by atoms with van der Waals surface area (Å²) in [5.74, 6) is -1.47. The first-order chi connectivity index (χ1) is 18.3. The first-order valence-corrected chi connectivity index (χ1v) is 13.6. The number of halogens is 3. The highest BCUT2D eigenvalue weighted by Crippen LogP contribution is 2.35. The van der Waals surface area contributed by atoms with Crippen molar-refractivity contribution in [2.45, 2.75) is 16.8 Å². The second kappa shape index (κ2) is 10.9. The van der Waals surface area contributed by atoms with E-state index in [1.807, 2.05) is 0 Å². The van der Waals surface area contributed by atoms with Gasteiger partial charge in [-0.2, -0.15) is 18.3 Å². The van der Waals surface area contributed by atoms with E-state index in [0.717, 1.165) is 27.6 Å². The van der Waals surface area contributed by atoms with E-state index in [-0.39, 0.29) is 38.1 Å². The average molecular weight is 579 g/mol. The van der Waals surface area contributed by atoms with Crippen molar-refractivity contribution in [3.8, 4) is 10.6 Å². The number of amides is 1. The third-order valence-corrected chi connectivity index (χ3v) is 8.53. The predicted octanol–water partition coefficient (Wildman–Crippen LogP) is 4.64. The summed E-state index contributed by atoms with van der Waals surface area (Å²) < 4.78 is 68.1. The van der Waals surface area contributed by atoms with Gasteiger partial charge >= 0.3 is 12.1 Å². The number of carbonyl (C=O) groups is 2. The Balaban J connectivity index is 1.41. The highest BCUT2D eigenvalue weighted by Gasteiger charge is 2.35. The number of aromatic carboxylic acids is 1. The van der Waals surface area contributed by atoms with Crippen molar-refractivity contribution in [3.05, 3.63) is 89.1 Å². The molecule has 0 saturated carbocycles. The number of hydrogen-bond donors (Lipinski definition) is 3. The van der Waals surface area contributed by atoms with Crippen LogP contribution in [0.3, 0.4) is 0 Å². The van der Waals surface area contributed by atoms with Gasteiger partial charge in [-0.1, -0.05) is 18.2 Å². The number of benzene rings is 2. The molecular weight excluding hydrogens is 557 g/mol. The van der Waals surface area contributed by atoms with E-state index in [2.05, 4.69) is 15.1 Å². The molecule has 4 aromatic rings. The number of thiophene rings is 1. The van der Waals surface area contributed by atoms with E-state index in [1.54, 1.807) is 12.1 Å². The largest absolute Gasteiger partial charge is 0.478 e. The van der Waals surface area contributed by atoms with Crippen LogP contribution in [0.1, 0.15) is 32.0 Å². The number of anilines is 1. The van der Waals surface area contributed by atoms with Gasteiger partial charge in [-0.3, -0.25) is 14.2 Å². The summed E-state index contributed by atoms with van der Waals surface area (Å²) in [5, 5.41) is 15.1. The van der Waals surface area contributed by atoms with Crippen molar-refractivity contribution >= 4 is 38.9 Å². The van der Waals surface area contributed by atoms with Crippen molar-refractivity contribution in [1.82, 2.24) is 15.1 Å². The number of rotatable bonds is 9. The molecule has 4 rings (SSSR count).